The number of carbonyl (C=O) groups excluding carboxylic acids is 1. The maximum atomic E-state index is 12.5. The van der Waals surface area contributed by atoms with E-state index in [0.29, 0.717) is 22.2 Å². The summed E-state index contributed by atoms with van der Waals surface area (Å²) >= 11 is 5.98. The number of methoxy groups -OCH3 is 1. The van der Waals surface area contributed by atoms with E-state index in [0.717, 1.165) is 31.7 Å². The van der Waals surface area contributed by atoms with Gasteiger partial charge in [-0.1, -0.05) is 11.6 Å². The minimum Gasteiger partial charge on any atom is -0.496 e. The van der Waals surface area contributed by atoms with Crippen LogP contribution >= 0.6 is 11.6 Å². The van der Waals surface area contributed by atoms with Crippen molar-refractivity contribution in [2.45, 2.75) is 19.3 Å². The lowest BCUT2D eigenvalue weighted by molar-refractivity contribution is 0.102. The first-order chi connectivity index (χ1) is 11.7. The van der Waals surface area contributed by atoms with Crippen LogP contribution in [0.5, 0.6) is 5.75 Å². The Morgan fingerprint density at radius 2 is 2.00 bits per heavy atom. The highest BCUT2D eigenvalue weighted by atomic mass is 35.5. The number of nitrogens with zero attached hydrogens (tertiary/aromatic N) is 3. The summed E-state index contributed by atoms with van der Waals surface area (Å²) in [5.41, 5.74) is 0.364. The van der Waals surface area contributed by atoms with Gasteiger partial charge in [0.2, 0.25) is 0 Å². The molecule has 2 heterocycles. The molecule has 1 N–H and O–H groups in total. The van der Waals surface area contributed by atoms with Gasteiger partial charge in [0.25, 0.3) is 5.91 Å². The summed E-state index contributed by atoms with van der Waals surface area (Å²) in [5.74, 6) is 1.43. The van der Waals surface area contributed by atoms with E-state index in [4.69, 9.17) is 16.3 Å². The largest absolute Gasteiger partial charge is 0.496 e. The van der Waals surface area contributed by atoms with Gasteiger partial charge in [-0.15, -0.1) is 0 Å². The number of nitrogens with one attached hydrogen (secondary N) is 1. The van der Waals surface area contributed by atoms with Gasteiger partial charge in [-0.25, -0.2) is 9.97 Å². The molecule has 126 valence electrons. The fourth-order valence-electron chi connectivity index (χ4n) is 2.75. The fraction of sp³-hybridized carbons (Fsp3) is 0.353. The van der Waals surface area contributed by atoms with E-state index in [-0.39, 0.29) is 5.91 Å². The molecule has 1 aliphatic heterocycles. The first-order valence-electron chi connectivity index (χ1n) is 7.89. The number of benzene rings is 1. The summed E-state index contributed by atoms with van der Waals surface area (Å²) < 4.78 is 5.22. The zero-order valence-corrected chi connectivity index (χ0v) is 14.2. The molecule has 0 bridgehead atoms. The molecule has 0 atom stereocenters. The summed E-state index contributed by atoms with van der Waals surface area (Å²) in [6.45, 7) is 1.96. The number of anilines is 2. The molecule has 0 radical (unpaired) electrons. The molecule has 0 saturated carbocycles. The molecule has 1 fully saturated rings. The molecular weight excluding hydrogens is 328 g/mol. The highest BCUT2D eigenvalue weighted by Crippen LogP contribution is 2.24. The third kappa shape index (κ3) is 3.76. The van der Waals surface area contributed by atoms with Crippen LogP contribution in [-0.2, 0) is 0 Å². The molecule has 6 nitrogen and oxygen atoms in total. The van der Waals surface area contributed by atoms with E-state index in [2.05, 4.69) is 20.2 Å². The molecule has 1 aliphatic rings. The van der Waals surface area contributed by atoms with Crippen molar-refractivity contribution in [3.8, 4) is 5.75 Å². The van der Waals surface area contributed by atoms with Crippen molar-refractivity contribution in [3.63, 3.8) is 0 Å². The number of aromatic nitrogens is 2. The second kappa shape index (κ2) is 7.49. The Bertz CT molecular complexity index is 732. The van der Waals surface area contributed by atoms with Crippen molar-refractivity contribution in [1.82, 2.24) is 9.97 Å². The predicted molar refractivity (Wildman–Crippen MR) is 94.1 cm³/mol. The van der Waals surface area contributed by atoms with Crippen molar-refractivity contribution in [3.05, 3.63) is 41.2 Å². The molecule has 1 aromatic heterocycles. The van der Waals surface area contributed by atoms with Crippen LogP contribution in [0.2, 0.25) is 5.02 Å². The summed E-state index contributed by atoms with van der Waals surface area (Å²) in [7, 11) is 1.51. The normalized spacial score (nSPS) is 14.3. The molecule has 1 saturated heterocycles. The summed E-state index contributed by atoms with van der Waals surface area (Å²) in [4.78, 5) is 23.2. The van der Waals surface area contributed by atoms with E-state index in [1.807, 2.05) is 0 Å². The first-order valence-corrected chi connectivity index (χ1v) is 8.27. The molecule has 24 heavy (non-hydrogen) atoms. The monoisotopic (exact) mass is 346 g/mol. The van der Waals surface area contributed by atoms with Crippen molar-refractivity contribution in [1.29, 1.82) is 0 Å². The standard InChI is InChI=1S/C17H19ClN4O2/c1-24-14-6-5-12(18)9-13(14)17(23)21-15-10-16(20-11-19-15)22-7-3-2-4-8-22/h5-6,9-11H,2-4,7-8H2,1H3,(H,19,20,21,23). The number of rotatable bonds is 4. The summed E-state index contributed by atoms with van der Waals surface area (Å²) in [6, 6.07) is 6.70. The van der Waals surface area contributed by atoms with Gasteiger partial charge in [-0.2, -0.15) is 0 Å². The van der Waals surface area contributed by atoms with Crippen molar-refractivity contribution < 1.29 is 9.53 Å². The van der Waals surface area contributed by atoms with Gasteiger partial charge >= 0.3 is 0 Å². The lowest BCUT2D eigenvalue weighted by Gasteiger charge is -2.27. The highest BCUT2D eigenvalue weighted by Gasteiger charge is 2.16. The smallest absolute Gasteiger partial charge is 0.260 e. The average Bonchev–Trinajstić information content (AvgIpc) is 2.62. The maximum Gasteiger partial charge on any atom is 0.260 e. The zero-order chi connectivity index (χ0) is 16.9. The number of hydrogen-bond acceptors (Lipinski definition) is 5. The summed E-state index contributed by atoms with van der Waals surface area (Å²) in [6.07, 6.45) is 5.03. The Kier molecular flexibility index (Phi) is 5.15. The number of halogens is 1. The third-order valence-electron chi connectivity index (χ3n) is 3.98. The van der Waals surface area contributed by atoms with Crippen LogP contribution in [-0.4, -0.2) is 36.1 Å². The SMILES string of the molecule is COc1ccc(Cl)cc1C(=O)Nc1cc(N2CCCCC2)ncn1. The van der Waals surface area contributed by atoms with E-state index < -0.39 is 0 Å². The Labute approximate surface area is 145 Å². The number of hydrogen-bond donors (Lipinski definition) is 1. The van der Waals surface area contributed by atoms with Crippen LogP contribution < -0.4 is 15.0 Å². The average molecular weight is 347 g/mol. The van der Waals surface area contributed by atoms with Gasteiger partial charge < -0.3 is 15.0 Å². The van der Waals surface area contributed by atoms with Crippen LogP contribution in [0.1, 0.15) is 29.6 Å². The van der Waals surface area contributed by atoms with Crippen LogP contribution in [0.25, 0.3) is 0 Å². The van der Waals surface area contributed by atoms with Gasteiger partial charge in [0.15, 0.2) is 0 Å². The van der Waals surface area contributed by atoms with Crippen LogP contribution in [0.4, 0.5) is 11.6 Å². The molecule has 1 aromatic carbocycles. The molecule has 0 aliphatic carbocycles. The quantitative estimate of drug-likeness (QED) is 0.919. The number of ether oxygens (including phenoxy) is 1. The van der Waals surface area contributed by atoms with Crippen LogP contribution in [0.15, 0.2) is 30.6 Å². The third-order valence-corrected chi connectivity index (χ3v) is 4.22. The van der Waals surface area contributed by atoms with Gasteiger partial charge in [0.1, 0.15) is 23.7 Å². The minimum absolute atomic E-state index is 0.322. The Hall–Kier alpha value is -2.34. The van der Waals surface area contributed by atoms with E-state index in [9.17, 15) is 4.79 Å². The molecule has 1 amide bonds. The zero-order valence-electron chi connectivity index (χ0n) is 13.5. The lowest BCUT2D eigenvalue weighted by atomic mass is 10.1. The molecule has 7 heteroatoms. The molecule has 0 spiro atoms. The number of carbonyl (C=O) groups is 1. The van der Waals surface area contributed by atoms with Gasteiger partial charge in [0.05, 0.1) is 12.7 Å². The summed E-state index contributed by atoms with van der Waals surface area (Å²) in [5, 5.41) is 3.25. The van der Waals surface area contributed by atoms with Crippen molar-refractivity contribution in [2.24, 2.45) is 0 Å². The second-order valence-corrected chi connectivity index (χ2v) is 6.04. The first kappa shape index (κ1) is 16.5. The Morgan fingerprint density at radius 3 is 2.75 bits per heavy atom. The Balaban J connectivity index is 1.78. The highest BCUT2D eigenvalue weighted by molar-refractivity contribution is 6.31. The van der Waals surface area contributed by atoms with Gasteiger partial charge in [-0.3, -0.25) is 4.79 Å². The van der Waals surface area contributed by atoms with Gasteiger partial charge in [-0.05, 0) is 37.5 Å². The fourth-order valence-corrected chi connectivity index (χ4v) is 2.92. The molecule has 3 rings (SSSR count). The van der Waals surface area contributed by atoms with E-state index in [1.165, 1.54) is 19.9 Å². The number of piperidine rings is 1. The van der Waals surface area contributed by atoms with Crippen LogP contribution in [0, 0.1) is 0 Å². The maximum absolute atomic E-state index is 12.5. The molecular formula is C17H19ClN4O2. The second-order valence-electron chi connectivity index (χ2n) is 5.61. The molecule has 2 aromatic rings. The van der Waals surface area contributed by atoms with Crippen molar-refractivity contribution >= 4 is 29.1 Å². The predicted octanol–water partition coefficient (Wildman–Crippen LogP) is 3.38. The van der Waals surface area contributed by atoms with Gasteiger partial charge in [0, 0.05) is 24.2 Å². The topological polar surface area (TPSA) is 67.3 Å². The number of amides is 1. The van der Waals surface area contributed by atoms with Crippen LogP contribution in [0.3, 0.4) is 0 Å². The van der Waals surface area contributed by atoms with Crippen molar-refractivity contribution in [2.75, 3.05) is 30.4 Å². The van der Waals surface area contributed by atoms with E-state index in [1.54, 1.807) is 24.3 Å². The molecule has 0 unspecified atom stereocenters. The lowest BCUT2D eigenvalue weighted by Crippen LogP contribution is -2.30. The minimum atomic E-state index is -0.322. The Morgan fingerprint density at radius 1 is 1.21 bits per heavy atom. The van der Waals surface area contributed by atoms with E-state index >= 15 is 0 Å².